The van der Waals surface area contributed by atoms with Gasteiger partial charge in [0.05, 0.1) is 5.69 Å². The smallest absolute Gasteiger partial charge is 0.138 e. The maximum atomic E-state index is 9.38. The zero-order chi connectivity index (χ0) is 13.7. The van der Waals surface area contributed by atoms with Gasteiger partial charge in [-0.3, -0.25) is 0 Å². The van der Waals surface area contributed by atoms with E-state index in [1.807, 2.05) is 12.1 Å². The first-order valence-electron chi connectivity index (χ1n) is 7.21. The van der Waals surface area contributed by atoms with Crippen molar-refractivity contribution in [3.8, 4) is 5.75 Å². The number of rotatable bonds is 5. The van der Waals surface area contributed by atoms with Gasteiger partial charge in [0.1, 0.15) is 5.75 Å². The van der Waals surface area contributed by atoms with Gasteiger partial charge in [-0.15, -0.1) is 0 Å². The highest BCUT2D eigenvalue weighted by molar-refractivity contribution is 5.53. The Bertz CT molecular complexity index is 400. The average Bonchev–Trinajstić information content (AvgIpc) is 2.43. The first kappa shape index (κ1) is 14.2. The average molecular weight is 263 g/mol. The molecule has 1 fully saturated rings. The number of aromatic hydroxyl groups is 1. The van der Waals surface area contributed by atoms with E-state index in [9.17, 15) is 5.11 Å². The van der Waals surface area contributed by atoms with E-state index in [1.165, 1.54) is 38.3 Å². The second-order valence-corrected chi connectivity index (χ2v) is 5.27. The first-order valence-corrected chi connectivity index (χ1v) is 7.21. The predicted octanol–water partition coefficient (Wildman–Crippen LogP) is 1.54. The molecule has 0 unspecified atom stereocenters. The van der Waals surface area contributed by atoms with Crippen molar-refractivity contribution in [2.75, 3.05) is 45.0 Å². The molecule has 1 saturated heterocycles. The van der Waals surface area contributed by atoms with Gasteiger partial charge in [0.25, 0.3) is 0 Å². The third-order valence-corrected chi connectivity index (χ3v) is 3.94. The van der Waals surface area contributed by atoms with Gasteiger partial charge in [-0.1, -0.05) is 13.0 Å². The lowest BCUT2D eigenvalue weighted by atomic mass is 10.1. The largest absolute Gasteiger partial charge is 0.506 e. The van der Waals surface area contributed by atoms with Crippen LogP contribution < -0.4 is 5.73 Å². The van der Waals surface area contributed by atoms with Crippen LogP contribution in [0.5, 0.6) is 5.75 Å². The van der Waals surface area contributed by atoms with E-state index in [0.717, 1.165) is 19.4 Å². The lowest BCUT2D eigenvalue weighted by Gasteiger charge is -2.34. The normalized spacial score (nSPS) is 17.7. The van der Waals surface area contributed by atoms with E-state index in [2.05, 4.69) is 16.7 Å². The van der Waals surface area contributed by atoms with Gasteiger partial charge in [0.15, 0.2) is 0 Å². The van der Waals surface area contributed by atoms with Crippen LogP contribution in [0.15, 0.2) is 18.2 Å². The molecular weight excluding hydrogens is 238 g/mol. The summed E-state index contributed by atoms with van der Waals surface area (Å²) in [6.07, 6.45) is 2.18. The summed E-state index contributed by atoms with van der Waals surface area (Å²) in [7, 11) is 0. The molecule has 0 amide bonds. The highest BCUT2D eigenvalue weighted by Gasteiger charge is 2.14. The number of benzene rings is 1. The summed E-state index contributed by atoms with van der Waals surface area (Å²) < 4.78 is 0. The molecule has 0 aromatic heterocycles. The lowest BCUT2D eigenvalue weighted by Crippen LogP contribution is -2.46. The summed E-state index contributed by atoms with van der Waals surface area (Å²) in [5, 5.41) is 9.38. The SMILES string of the molecule is CCN1CCN(CCCc2ccc(O)c(N)c2)CC1. The van der Waals surface area contributed by atoms with Crippen LogP contribution in [-0.4, -0.2) is 54.2 Å². The number of likely N-dealkylation sites (N-methyl/N-ethyl adjacent to an activating group) is 1. The standard InChI is InChI=1S/C15H25N3O/c1-2-17-8-10-18(11-9-17)7-3-4-13-5-6-15(19)14(16)12-13/h5-6,12,19H,2-4,7-11,16H2,1H3. The van der Waals surface area contributed by atoms with Gasteiger partial charge in [0.2, 0.25) is 0 Å². The van der Waals surface area contributed by atoms with Crippen LogP contribution in [0.25, 0.3) is 0 Å². The Morgan fingerprint density at radius 1 is 1.16 bits per heavy atom. The van der Waals surface area contributed by atoms with Crippen molar-refractivity contribution in [3.63, 3.8) is 0 Å². The topological polar surface area (TPSA) is 52.7 Å². The van der Waals surface area contributed by atoms with Crippen molar-refractivity contribution in [3.05, 3.63) is 23.8 Å². The fourth-order valence-corrected chi connectivity index (χ4v) is 2.60. The van der Waals surface area contributed by atoms with Crippen molar-refractivity contribution in [2.24, 2.45) is 0 Å². The minimum Gasteiger partial charge on any atom is -0.506 e. The Morgan fingerprint density at radius 3 is 2.47 bits per heavy atom. The molecule has 0 bridgehead atoms. The molecule has 0 atom stereocenters. The van der Waals surface area contributed by atoms with Crippen LogP contribution in [0.4, 0.5) is 5.69 Å². The Labute approximate surface area is 115 Å². The number of hydrogen-bond acceptors (Lipinski definition) is 4. The van der Waals surface area contributed by atoms with Gasteiger partial charge in [-0.2, -0.15) is 0 Å². The number of aryl methyl sites for hydroxylation is 1. The van der Waals surface area contributed by atoms with Crippen molar-refractivity contribution in [2.45, 2.75) is 19.8 Å². The number of phenolic OH excluding ortho intramolecular Hbond substituents is 1. The zero-order valence-electron chi connectivity index (χ0n) is 11.8. The van der Waals surface area contributed by atoms with Crippen LogP contribution in [0, 0.1) is 0 Å². The molecule has 0 spiro atoms. The maximum Gasteiger partial charge on any atom is 0.138 e. The minimum atomic E-state index is 0.180. The molecule has 0 aliphatic carbocycles. The number of hydrogen-bond donors (Lipinski definition) is 2. The quantitative estimate of drug-likeness (QED) is 0.625. The van der Waals surface area contributed by atoms with Crippen molar-refractivity contribution in [1.82, 2.24) is 9.80 Å². The highest BCUT2D eigenvalue weighted by Crippen LogP contribution is 2.21. The van der Waals surface area contributed by atoms with Crippen LogP contribution in [0.2, 0.25) is 0 Å². The van der Waals surface area contributed by atoms with Gasteiger partial charge in [-0.05, 0) is 43.6 Å². The van der Waals surface area contributed by atoms with Crippen LogP contribution in [0.3, 0.4) is 0 Å². The summed E-state index contributed by atoms with van der Waals surface area (Å²) in [6.45, 7) is 9.31. The number of anilines is 1. The first-order chi connectivity index (χ1) is 9.19. The molecule has 0 saturated carbocycles. The number of nitrogen functional groups attached to an aromatic ring is 1. The third kappa shape index (κ3) is 4.11. The minimum absolute atomic E-state index is 0.180. The lowest BCUT2D eigenvalue weighted by molar-refractivity contribution is 0.136. The van der Waals surface area contributed by atoms with Crippen molar-refractivity contribution < 1.29 is 5.11 Å². The molecule has 4 nitrogen and oxygen atoms in total. The predicted molar refractivity (Wildman–Crippen MR) is 79.4 cm³/mol. The summed E-state index contributed by atoms with van der Waals surface area (Å²) >= 11 is 0. The number of phenols is 1. The molecular formula is C15H25N3O. The third-order valence-electron chi connectivity index (χ3n) is 3.94. The van der Waals surface area contributed by atoms with Gasteiger partial charge in [-0.25, -0.2) is 0 Å². The Morgan fingerprint density at radius 2 is 1.84 bits per heavy atom. The second kappa shape index (κ2) is 6.78. The van der Waals surface area contributed by atoms with Gasteiger partial charge < -0.3 is 20.6 Å². The molecule has 1 aromatic carbocycles. The molecule has 19 heavy (non-hydrogen) atoms. The summed E-state index contributed by atoms with van der Waals surface area (Å²) in [5.41, 5.74) is 7.39. The molecule has 1 aliphatic rings. The highest BCUT2D eigenvalue weighted by atomic mass is 16.3. The molecule has 3 N–H and O–H groups in total. The maximum absolute atomic E-state index is 9.38. The molecule has 0 radical (unpaired) electrons. The second-order valence-electron chi connectivity index (χ2n) is 5.27. The molecule has 4 heteroatoms. The van der Waals surface area contributed by atoms with E-state index < -0.39 is 0 Å². The molecule has 2 rings (SSSR count). The van der Waals surface area contributed by atoms with Crippen LogP contribution >= 0.6 is 0 Å². The number of nitrogens with two attached hydrogens (primary N) is 1. The fraction of sp³-hybridized carbons (Fsp3) is 0.600. The van der Waals surface area contributed by atoms with Crippen LogP contribution in [0.1, 0.15) is 18.9 Å². The van der Waals surface area contributed by atoms with Crippen LogP contribution in [-0.2, 0) is 6.42 Å². The van der Waals surface area contributed by atoms with Gasteiger partial charge in [0, 0.05) is 26.2 Å². The zero-order valence-corrected chi connectivity index (χ0v) is 11.8. The van der Waals surface area contributed by atoms with E-state index >= 15 is 0 Å². The number of nitrogens with zero attached hydrogens (tertiary/aromatic N) is 2. The monoisotopic (exact) mass is 263 g/mol. The summed E-state index contributed by atoms with van der Waals surface area (Å²) in [6, 6.07) is 5.52. The van der Waals surface area contributed by atoms with E-state index in [4.69, 9.17) is 5.73 Å². The molecule has 1 aliphatic heterocycles. The number of piperazine rings is 1. The Balaban J connectivity index is 1.70. The Hall–Kier alpha value is -1.26. The fourth-order valence-electron chi connectivity index (χ4n) is 2.60. The van der Waals surface area contributed by atoms with E-state index in [0.29, 0.717) is 5.69 Å². The molecule has 1 aromatic rings. The molecule has 106 valence electrons. The van der Waals surface area contributed by atoms with E-state index in [1.54, 1.807) is 6.07 Å². The van der Waals surface area contributed by atoms with Crippen molar-refractivity contribution in [1.29, 1.82) is 0 Å². The van der Waals surface area contributed by atoms with E-state index in [-0.39, 0.29) is 5.75 Å². The summed E-state index contributed by atoms with van der Waals surface area (Å²) in [4.78, 5) is 5.03. The van der Waals surface area contributed by atoms with Gasteiger partial charge >= 0.3 is 0 Å². The Kier molecular flexibility index (Phi) is 5.05. The summed E-state index contributed by atoms with van der Waals surface area (Å²) in [5.74, 6) is 0.180. The molecule has 1 heterocycles. The van der Waals surface area contributed by atoms with Crippen molar-refractivity contribution >= 4 is 5.69 Å².